The normalized spacial score (nSPS) is 10.8. The summed E-state index contributed by atoms with van der Waals surface area (Å²) in [6.07, 6.45) is 3.50. The van der Waals surface area contributed by atoms with Gasteiger partial charge in [0.2, 0.25) is 0 Å². The molecule has 3 aromatic rings. The monoisotopic (exact) mass is 408 g/mol. The summed E-state index contributed by atoms with van der Waals surface area (Å²) in [5, 5.41) is 13.6. The average molecular weight is 409 g/mol. The van der Waals surface area contributed by atoms with E-state index < -0.39 is 0 Å². The number of halogens is 2. The average Bonchev–Trinajstić information content (AvgIpc) is 3.18. The van der Waals surface area contributed by atoms with Crippen molar-refractivity contribution in [2.24, 2.45) is 7.05 Å². The van der Waals surface area contributed by atoms with E-state index in [2.05, 4.69) is 15.5 Å². The van der Waals surface area contributed by atoms with Crippen LogP contribution in [0.1, 0.15) is 11.3 Å². The highest BCUT2D eigenvalue weighted by molar-refractivity contribution is 7.80. The highest BCUT2D eigenvalue weighted by Gasteiger charge is 2.13. The molecule has 2 aromatic heterocycles. The van der Waals surface area contributed by atoms with Gasteiger partial charge in [-0.1, -0.05) is 41.4 Å². The van der Waals surface area contributed by atoms with Crippen molar-refractivity contribution in [3.63, 3.8) is 0 Å². The minimum absolute atomic E-state index is 0.543. The number of aromatic nitrogens is 4. The minimum atomic E-state index is 0.543. The Morgan fingerprint density at radius 2 is 2.00 bits per heavy atom. The summed E-state index contributed by atoms with van der Waals surface area (Å²) >= 11 is 17.8. The lowest BCUT2D eigenvalue weighted by Crippen LogP contribution is -2.31. The largest absolute Gasteiger partial charge is 0.346 e. The van der Waals surface area contributed by atoms with Crippen LogP contribution in [-0.2, 0) is 20.1 Å². The zero-order valence-corrected chi connectivity index (χ0v) is 16.7. The maximum Gasteiger partial charge on any atom is 0.174 e. The van der Waals surface area contributed by atoms with Crippen LogP contribution in [0.25, 0.3) is 0 Å². The van der Waals surface area contributed by atoms with Crippen molar-refractivity contribution < 1.29 is 0 Å². The molecule has 2 heterocycles. The molecule has 0 aliphatic carbocycles. The lowest BCUT2D eigenvalue weighted by Gasteiger charge is -2.20. The van der Waals surface area contributed by atoms with Crippen molar-refractivity contribution in [3.8, 4) is 0 Å². The summed E-state index contributed by atoms with van der Waals surface area (Å²) in [7, 11) is 3.74. The predicted molar refractivity (Wildman–Crippen MR) is 109 cm³/mol. The summed E-state index contributed by atoms with van der Waals surface area (Å²) < 4.78 is 3.55. The quantitative estimate of drug-likeness (QED) is 0.650. The van der Waals surface area contributed by atoms with E-state index in [0.717, 1.165) is 16.3 Å². The maximum absolute atomic E-state index is 6.20. The number of thiocarbonyl (C=S) groups is 1. The first kappa shape index (κ1) is 18.7. The second-order valence-corrected chi connectivity index (χ2v) is 7.04. The fraction of sp³-hybridized carbons (Fsp3) is 0.235. The number of aryl methyl sites for hydroxylation is 1. The molecule has 26 heavy (non-hydrogen) atoms. The first-order chi connectivity index (χ1) is 12.4. The summed E-state index contributed by atoms with van der Waals surface area (Å²) in [5.41, 5.74) is 1.90. The zero-order chi connectivity index (χ0) is 18.7. The van der Waals surface area contributed by atoms with E-state index >= 15 is 0 Å². The topological polar surface area (TPSA) is 50.9 Å². The molecule has 1 N–H and O–H groups in total. The van der Waals surface area contributed by atoms with Crippen LogP contribution in [0.4, 0.5) is 5.82 Å². The third kappa shape index (κ3) is 4.35. The van der Waals surface area contributed by atoms with Crippen LogP contribution >= 0.6 is 35.4 Å². The number of anilines is 1. The molecule has 9 heteroatoms. The molecule has 0 aliphatic heterocycles. The Balaban J connectivity index is 1.61. The van der Waals surface area contributed by atoms with Crippen LogP contribution in [0.2, 0.25) is 10.0 Å². The number of hydrogen-bond donors (Lipinski definition) is 1. The van der Waals surface area contributed by atoms with Crippen LogP contribution in [-0.4, -0.2) is 36.6 Å². The van der Waals surface area contributed by atoms with Gasteiger partial charge in [-0.05, 0) is 23.8 Å². The van der Waals surface area contributed by atoms with Gasteiger partial charge < -0.3 is 10.2 Å². The maximum atomic E-state index is 6.20. The SMILES string of the molecule is CN(Cc1c(Cl)cnn1C)C(=S)Nc1ccn(Cc2ccccc2Cl)n1. The second kappa shape index (κ2) is 8.07. The summed E-state index contributed by atoms with van der Waals surface area (Å²) in [6, 6.07) is 9.58. The van der Waals surface area contributed by atoms with Crippen LogP contribution < -0.4 is 5.32 Å². The number of benzene rings is 1. The first-order valence-electron chi connectivity index (χ1n) is 7.89. The van der Waals surface area contributed by atoms with Crippen molar-refractivity contribution in [2.75, 3.05) is 12.4 Å². The van der Waals surface area contributed by atoms with Gasteiger partial charge in [0.15, 0.2) is 10.9 Å². The number of nitrogens with zero attached hydrogens (tertiary/aromatic N) is 5. The van der Waals surface area contributed by atoms with Gasteiger partial charge in [-0.25, -0.2) is 0 Å². The zero-order valence-electron chi connectivity index (χ0n) is 14.4. The molecule has 0 radical (unpaired) electrons. The van der Waals surface area contributed by atoms with Gasteiger partial charge in [0.05, 0.1) is 30.0 Å². The van der Waals surface area contributed by atoms with Crippen LogP contribution in [0.3, 0.4) is 0 Å². The first-order valence-corrected chi connectivity index (χ1v) is 9.06. The van der Waals surface area contributed by atoms with Gasteiger partial charge in [0.25, 0.3) is 0 Å². The van der Waals surface area contributed by atoms with E-state index in [9.17, 15) is 0 Å². The Labute approximate surface area is 167 Å². The number of hydrogen-bond acceptors (Lipinski definition) is 3. The van der Waals surface area contributed by atoms with Gasteiger partial charge >= 0.3 is 0 Å². The highest BCUT2D eigenvalue weighted by Crippen LogP contribution is 2.18. The predicted octanol–water partition coefficient (Wildman–Crippen LogP) is 3.80. The Bertz CT molecular complexity index is 900. The van der Waals surface area contributed by atoms with Gasteiger partial charge in [-0.3, -0.25) is 9.36 Å². The smallest absolute Gasteiger partial charge is 0.174 e. The molecule has 0 spiro atoms. The molecular weight excluding hydrogens is 391 g/mol. The Hall–Kier alpha value is -2.09. The summed E-state index contributed by atoms with van der Waals surface area (Å²) in [4.78, 5) is 1.88. The van der Waals surface area contributed by atoms with Gasteiger partial charge in [0.1, 0.15) is 0 Å². The second-order valence-electron chi connectivity index (χ2n) is 5.84. The van der Waals surface area contributed by atoms with Gasteiger partial charge in [-0.2, -0.15) is 10.2 Å². The van der Waals surface area contributed by atoms with Gasteiger partial charge in [-0.15, -0.1) is 0 Å². The molecule has 0 fully saturated rings. The fourth-order valence-corrected chi connectivity index (χ4v) is 3.02. The third-order valence-electron chi connectivity index (χ3n) is 3.91. The molecule has 0 bridgehead atoms. The molecule has 0 unspecified atom stereocenters. The Morgan fingerprint density at radius 1 is 1.23 bits per heavy atom. The molecule has 0 atom stereocenters. The molecular formula is C17H18Cl2N6S. The molecule has 0 aliphatic rings. The van der Waals surface area contributed by atoms with Crippen LogP contribution in [0, 0.1) is 0 Å². The highest BCUT2D eigenvalue weighted by atomic mass is 35.5. The molecule has 136 valence electrons. The third-order valence-corrected chi connectivity index (χ3v) is 5.01. The van der Waals surface area contributed by atoms with Crippen molar-refractivity contribution in [1.82, 2.24) is 24.5 Å². The van der Waals surface area contributed by atoms with E-state index in [-0.39, 0.29) is 0 Å². The number of rotatable bonds is 5. The van der Waals surface area contributed by atoms with E-state index in [4.69, 9.17) is 35.4 Å². The molecule has 0 saturated carbocycles. The van der Waals surface area contributed by atoms with Crippen molar-refractivity contribution in [2.45, 2.75) is 13.1 Å². The van der Waals surface area contributed by atoms with E-state index in [1.807, 2.05) is 60.2 Å². The standard InChI is InChI=1S/C17H18Cl2N6S/c1-23(11-15-14(19)9-20-24(15)2)17(26)21-16-7-8-25(22-16)10-12-5-3-4-6-13(12)18/h3-9H,10-11H2,1-2H3,(H,21,22,26). The molecule has 0 saturated heterocycles. The van der Waals surface area contributed by atoms with E-state index in [0.29, 0.717) is 29.0 Å². The van der Waals surface area contributed by atoms with E-state index in [1.165, 1.54) is 0 Å². The fourth-order valence-electron chi connectivity index (χ4n) is 2.43. The van der Waals surface area contributed by atoms with Crippen molar-refractivity contribution >= 4 is 46.4 Å². The van der Waals surface area contributed by atoms with Crippen LogP contribution in [0.5, 0.6) is 0 Å². The van der Waals surface area contributed by atoms with Crippen molar-refractivity contribution in [1.29, 1.82) is 0 Å². The van der Waals surface area contributed by atoms with Crippen molar-refractivity contribution in [3.05, 3.63) is 64.0 Å². The van der Waals surface area contributed by atoms with E-state index in [1.54, 1.807) is 10.9 Å². The molecule has 3 rings (SSSR count). The lowest BCUT2D eigenvalue weighted by molar-refractivity contribution is 0.482. The lowest BCUT2D eigenvalue weighted by atomic mass is 10.2. The van der Waals surface area contributed by atoms with Crippen LogP contribution in [0.15, 0.2) is 42.7 Å². The Kier molecular flexibility index (Phi) is 5.80. The van der Waals surface area contributed by atoms with Gasteiger partial charge in [0, 0.05) is 31.4 Å². The molecule has 0 amide bonds. The number of nitrogens with one attached hydrogen (secondary N) is 1. The minimum Gasteiger partial charge on any atom is -0.346 e. The Morgan fingerprint density at radius 3 is 2.69 bits per heavy atom. The summed E-state index contributed by atoms with van der Waals surface area (Å²) in [6.45, 7) is 1.14. The summed E-state index contributed by atoms with van der Waals surface area (Å²) in [5.74, 6) is 0.671. The molecule has 1 aromatic carbocycles. The molecule has 6 nitrogen and oxygen atoms in total.